The van der Waals surface area contributed by atoms with Gasteiger partial charge in [-0.1, -0.05) is 96.1 Å². The molecule has 0 aromatic heterocycles. The number of allylic oxidation sites excluding steroid dienone is 2. The number of nitrogens with zero attached hydrogens (tertiary/aromatic N) is 1. The first-order chi connectivity index (χ1) is 12.9. The predicted molar refractivity (Wildman–Crippen MR) is 117 cm³/mol. The summed E-state index contributed by atoms with van der Waals surface area (Å²) < 4.78 is 0. The van der Waals surface area contributed by atoms with Gasteiger partial charge in [-0.15, -0.1) is 0 Å². The number of hydrogen-bond acceptors (Lipinski definition) is 3. The van der Waals surface area contributed by atoms with Crippen molar-refractivity contribution in [3.63, 3.8) is 0 Å². The summed E-state index contributed by atoms with van der Waals surface area (Å²) in [6, 6.07) is 0. The monoisotopic (exact) mass is 367 g/mol. The Bertz CT molecular complexity index is 335. The number of aliphatic hydroxyl groups excluding tert-OH is 2. The molecule has 3 nitrogen and oxygen atoms in total. The largest absolute Gasteiger partial charge is 0.400 e. The van der Waals surface area contributed by atoms with Gasteiger partial charge in [0.05, 0.1) is 6.54 Å². The van der Waals surface area contributed by atoms with E-state index in [1.54, 1.807) is 0 Å². The summed E-state index contributed by atoms with van der Waals surface area (Å²) in [5.74, 6) is 0. The maximum atomic E-state index is 7.00. The molecule has 0 saturated carbocycles. The van der Waals surface area contributed by atoms with Crippen molar-refractivity contribution in [3.8, 4) is 0 Å². The van der Waals surface area contributed by atoms with Gasteiger partial charge < -0.3 is 10.2 Å². The van der Waals surface area contributed by atoms with Crippen LogP contribution in [0.1, 0.15) is 96.8 Å². The third kappa shape index (κ3) is 21.1. The molecular weight excluding hydrogens is 322 g/mol. The Morgan fingerprint density at radius 1 is 0.769 bits per heavy atom. The lowest BCUT2D eigenvalue weighted by Crippen LogP contribution is -1.83. The summed E-state index contributed by atoms with van der Waals surface area (Å²) in [6.07, 6.45) is 28.5. The van der Waals surface area contributed by atoms with Crippen molar-refractivity contribution in [2.24, 2.45) is 4.99 Å². The van der Waals surface area contributed by atoms with Crippen LogP contribution >= 0.6 is 0 Å². The minimum atomic E-state index is 0.884. The molecule has 1 heterocycles. The Morgan fingerprint density at radius 3 is 1.65 bits per heavy atom. The second-order valence-electron chi connectivity index (χ2n) is 6.67. The quantitative estimate of drug-likeness (QED) is 0.336. The molecule has 0 amide bonds. The van der Waals surface area contributed by atoms with Gasteiger partial charge >= 0.3 is 0 Å². The first-order valence-electron chi connectivity index (χ1n) is 10.7. The van der Waals surface area contributed by atoms with E-state index in [4.69, 9.17) is 10.2 Å². The highest BCUT2D eigenvalue weighted by Gasteiger charge is 1.95. The van der Waals surface area contributed by atoms with Crippen molar-refractivity contribution in [3.05, 3.63) is 23.8 Å². The van der Waals surface area contributed by atoms with Crippen LogP contribution in [0.15, 0.2) is 28.8 Å². The molecule has 0 aromatic rings. The highest BCUT2D eigenvalue weighted by molar-refractivity contribution is 5.76. The topological polar surface area (TPSA) is 52.8 Å². The SMILES string of the molecule is CCCCCCCCCCCCCCCC=CC1=CC=NC1.CO.CO. The molecule has 1 rings (SSSR count). The molecule has 3 heteroatoms. The lowest BCUT2D eigenvalue weighted by Gasteiger charge is -2.02. The van der Waals surface area contributed by atoms with Crippen molar-refractivity contribution < 1.29 is 10.2 Å². The Morgan fingerprint density at radius 2 is 1.23 bits per heavy atom. The van der Waals surface area contributed by atoms with Crippen LogP contribution < -0.4 is 0 Å². The van der Waals surface area contributed by atoms with Gasteiger partial charge in [0, 0.05) is 20.4 Å². The van der Waals surface area contributed by atoms with E-state index in [0.29, 0.717) is 0 Å². The van der Waals surface area contributed by atoms with E-state index < -0.39 is 0 Å². The van der Waals surface area contributed by atoms with Crippen LogP contribution in [0.25, 0.3) is 0 Å². The van der Waals surface area contributed by atoms with E-state index >= 15 is 0 Å². The first-order valence-corrected chi connectivity index (χ1v) is 10.7. The van der Waals surface area contributed by atoms with Gasteiger partial charge in [0.2, 0.25) is 0 Å². The van der Waals surface area contributed by atoms with Crippen LogP contribution in [0, 0.1) is 0 Å². The molecule has 1 aliphatic rings. The van der Waals surface area contributed by atoms with Crippen molar-refractivity contribution in [1.29, 1.82) is 0 Å². The van der Waals surface area contributed by atoms with Crippen LogP contribution in [0.4, 0.5) is 0 Å². The summed E-state index contributed by atoms with van der Waals surface area (Å²) in [5.41, 5.74) is 1.36. The zero-order valence-electron chi connectivity index (χ0n) is 17.8. The molecular formula is C23H45NO2. The predicted octanol–water partition coefficient (Wildman–Crippen LogP) is 6.25. The number of rotatable bonds is 15. The van der Waals surface area contributed by atoms with Gasteiger partial charge in [-0.25, -0.2) is 0 Å². The Kier molecular flexibility index (Phi) is 27.6. The molecule has 2 N–H and O–H groups in total. The van der Waals surface area contributed by atoms with E-state index in [-0.39, 0.29) is 0 Å². The van der Waals surface area contributed by atoms with Gasteiger partial charge in [0.1, 0.15) is 0 Å². The third-order valence-corrected chi connectivity index (χ3v) is 4.47. The standard InChI is InChI=1S/C21H37N.2CH4O/c1-2-3-4-5-6-7-8-9-10-11-12-13-14-15-16-17-21-18-19-22-20-21;2*1-2/h16-19H,2-15,20H2,1H3;2*2H,1H3. The normalized spacial score (nSPS) is 12.4. The van der Waals surface area contributed by atoms with Crippen molar-refractivity contribution in [1.82, 2.24) is 0 Å². The number of hydrogen-bond donors (Lipinski definition) is 2. The van der Waals surface area contributed by atoms with Gasteiger partial charge in [-0.2, -0.15) is 0 Å². The van der Waals surface area contributed by atoms with Crippen molar-refractivity contribution in [2.75, 3.05) is 20.8 Å². The lowest BCUT2D eigenvalue weighted by atomic mass is 10.0. The second kappa shape index (κ2) is 26.3. The Hall–Kier alpha value is -0.930. The summed E-state index contributed by atoms with van der Waals surface area (Å²) >= 11 is 0. The maximum absolute atomic E-state index is 7.00. The van der Waals surface area contributed by atoms with Crippen LogP contribution in [0.3, 0.4) is 0 Å². The molecule has 0 spiro atoms. The smallest absolute Gasteiger partial charge is 0.0640 e. The minimum Gasteiger partial charge on any atom is -0.400 e. The van der Waals surface area contributed by atoms with Crippen LogP contribution in [0.2, 0.25) is 0 Å². The molecule has 1 aliphatic heterocycles. The van der Waals surface area contributed by atoms with E-state index in [2.05, 4.69) is 30.1 Å². The number of unbranched alkanes of at least 4 members (excludes halogenated alkanes) is 13. The van der Waals surface area contributed by atoms with Crippen LogP contribution in [0.5, 0.6) is 0 Å². The highest BCUT2D eigenvalue weighted by atomic mass is 16.2. The Labute approximate surface area is 163 Å². The summed E-state index contributed by atoms with van der Waals surface area (Å²) in [7, 11) is 2.00. The number of aliphatic hydroxyl groups is 2. The third-order valence-electron chi connectivity index (χ3n) is 4.47. The summed E-state index contributed by atoms with van der Waals surface area (Å²) in [6.45, 7) is 3.17. The van der Waals surface area contributed by atoms with Crippen LogP contribution in [-0.4, -0.2) is 37.2 Å². The van der Waals surface area contributed by atoms with Gasteiger partial charge in [0.25, 0.3) is 0 Å². The van der Waals surface area contributed by atoms with Crippen molar-refractivity contribution in [2.45, 2.75) is 96.8 Å². The van der Waals surface area contributed by atoms with Gasteiger partial charge in [-0.05, 0) is 24.5 Å². The molecule has 0 radical (unpaired) electrons. The zero-order valence-corrected chi connectivity index (χ0v) is 17.8. The fraction of sp³-hybridized carbons (Fsp3) is 0.783. The average Bonchev–Trinajstić information content (AvgIpc) is 3.21. The van der Waals surface area contributed by atoms with E-state index in [1.165, 1.54) is 95.5 Å². The minimum absolute atomic E-state index is 0.884. The maximum Gasteiger partial charge on any atom is 0.0640 e. The van der Waals surface area contributed by atoms with Gasteiger partial charge in [-0.3, -0.25) is 4.99 Å². The Balaban J connectivity index is 0. The van der Waals surface area contributed by atoms with Gasteiger partial charge in [0.15, 0.2) is 0 Å². The molecule has 0 aliphatic carbocycles. The highest BCUT2D eigenvalue weighted by Crippen LogP contribution is 2.13. The summed E-state index contributed by atoms with van der Waals surface area (Å²) in [5, 5.41) is 14.0. The molecule has 154 valence electrons. The van der Waals surface area contributed by atoms with Crippen LogP contribution in [-0.2, 0) is 0 Å². The average molecular weight is 368 g/mol. The molecule has 0 unspecified atom stereocenters. The first kappa shape index (κ1) is 27.3. The molecule has 26 heavy (non-hydrogen) atoms. The fourth-order valence-electron chi connectivity index (χ4n) is 2.98. The van der Waals surface area contributed by atoms with E-state index in [9.17, 15) is 0 Å². The molecule has 0 saturated heterocycles. The zero-order chi connectivity index (χ0) is 19.7. The molecule has 0 bridgehead atoms. The van der Waals surface area contributed by atoms with Crippen molar-refractivity contribution >= 4 is 6.21 Å². The molecule has 0 aromatic carbocycles. The lowest BCUT2D eigenvalue weighted by molar-refractivity contribution is 0.399. The summed E-state index contributed by atoms with van der Waals surface area (Å²) in [4.78, 5) is 4.18. The fourth-order valence-corrected chi connectivity index (χ4v) is 2.98. The molecule has 0 atom stereocenters. The van der Waals surface area contributed by atoms with E-state index in [0.717, 1.165) is 20.8 Å². The molecule has 0 fully saturated rings. The second-order valence-corrected chi connectivity index (χ2v) is 6.67. The number of aliphatic imine (C=N–C) groups is 1. The van der Waals surface area contributed by atoms with E-state index in [1.807, 2.05) is 6.21 Å².